The van der Waals surface area contributed by atoms with E-state index in [-0.39, 0.29) is 23.5 Å². The van der Waals surface area contributed by atoms with E-state index >= 15 is 0 Å². The predicted molar refractivity (Wildman–Crippen MR) is 72.8 cm³/mol. The van der Waals surface area contributed by atoms with E-state index in [0.717, 1.165) is 19.3 Å². The Morgan fingerprint density at radius 1 is 1.05 bits per heavy atom. The summed E-state index contributed by atoms with van der Waals surface area (Å²) in [5.74, 6) is -1.50. The van der Waals surface area contributed by atoms with Crippen LogP contribution in [0, 0.1) is 0 Å². The van der Waals surface area contributed by atoms with Gasteiger partial charge in [-0.25, -0.2) is 0 Å². The summed E-state index contributed by atoms with van der Waals surface area (Å²) in [7, 11) is 0. The Bertz CT molecular complexity index is 473. The minimum Gasteiger partial charge on any atom is -0.508 e. The molecule has 110 valence electrons. The lowest BCUT2D eigenvalue weighted by molar-refractivity contribution is -0.137. The van der Waals surface area contributed by atoms with E-state index in [9.17, 15) is 19.8 Å². The van der Waals surface area contributed by atoms with Crippen molar-refractivity contribution in [2.45, 2.75) is 32.1 Å². The molecule has 0 atom stereocenters. The molecule has 0 fully saturated rings. The lowest BCUT2D eigenvalue weighted by atomic mass is 10.1. The van der Waals surface area contributed by atoms with E-state index in [1.165, 1.54) is 18.2 Å². The van der Waals surface area contributed by atoms with Crippen molar-refractivity contribution >= 4 is 11.9 Å². The van der Waals surface area contributed by atoms with Crippen molar-refractivity contribution in [1.82, 2.24) is 5.32 Å². The molecule has 0 aliphatic carbocycles. The number of rotatable bonds is 8. The van der Waals surface area contributed by atoms with Crippen LogP contribution in [0.4, 0.5) is 0 Å². The van der Waals surface area contributed by atoms with Crippen LogP contribution in [-0.4, -0.2) is 33.7 Å². The van der Waals surface area contributed by atoms with E-state index in [2.05, 4.69) is 5.32 Å². The Kier molecular flexibility index (Phi) is 6.36. The van der Waals surface area contributed by atoms with Crippen LogP contribution in [0.3, 0.4) is 0 Å². The van der Waals surface area contributed by atoms with Crippen molar-refractivity contribution < 1.29 is 24.9 Å². The molecular weight excluding hydrogens is 262 g/mol. The second-order valence-electron chi connectivity index (χ2n) is 4.52. The Morgan fingerprint density at radius 2 is 1.75 bits per heavy atom. The van der Waals surface area contributed by atoms with Crippen LogP contribution >= 0.6 is 0 Å². The van der Waals surface area contributed by atoms with Gasteiger partial charge in [0.2, 0.25) is 0 Å². The quantitative estimate of drug-likeness (QED) is 0.430. The first kappa shape index (κ1) is 15.8. The molecule has 0 radical (unpaired) electrons. The molecule has 0 aromatic heterocycles. The van der Waals surface area contributed by atoms with Crippen LogP contribution < -0.4 is 5.32 Å². The largest absolute Gasteiger partial charge is 0.508 e. The zero-order chi connectivity index (χ0) is 15.0. The molecule has 0 aliphatic rings. The molecule has 0 unspecified atom stereocenters. The molecule has 20 heavy (non-hydrogen) atoms. The maximum Gasteiger partial charge on any atom is 0.303 e. The van der Waals surface area contributed by atoms with Gasteiger partial charge in [-0.2, -0.15) is 0 Å². The molecule has 0 saturated heterocycles. The third-order valence-corrected chi connectivity index (χ3v) is 2.83. The number of amides is 1. The van der Waals surface area contributed by atoms with Crippen molar-refractivity contribution in [1.29, 1.82) is 0 Å². The van der Waals surface area contributed by atoms with Gasteiger partial charge >= 0.3 is 5.97 Å². The lowest BCUT2D eigenvalue weighted by Gasteiger charge is -2.07. The van der Waals surface area contributed by atoms with Gasteiger partial charge in [-0.05, 0) is 31.0 Å². The molecule has 0 heterocycles. The van der Waals surface area contributed by atoms with E-state index in [1.807, 2.05) is 0 Å². The molecular formula is C14H19NO5. The van der Waals surface area contributed by atoms with Crippen molar-refractivity contribution in [2.75, 3.05) is 6.54 Å². The standard InChI is InChI=1S/C14H19NO5/c16-10-6-7-12(17)11(9-10)14(20)15-8-4-2-1-3-5-13(18)19/h6-7,9,16-17H,1-5,8H2,(H,15,20)(H,18,19). The first-order valence-corrected chi connectivity index (χ1v) is 6.52. The molecule has 6 nitrogen and oxygen atoms in total. The number of phenols is 2. The highest BCUT2D eigenvalue weighted by molar-refractivity contribution is 5.97. The molecule has 0 bridgehead atoms. The minimum absolute atomic E-state index is 0.0378. The number of unbranched alkanes of at least 4 members (excludes halogenated alkanes) is 3. The van der Waals surface area contributed by atoms with Gasteiger partial charge in [-0.15, -0.1) is 0 Å². The number of carboxylic acid groups (broad SMARTS) is 1. The molecule has 1 aromatic carbocycles. The SMILES string of the molecule is O=C(O)CCCCCCNC(=O)c1cc(O)ccc1O. The Labute approximate surface area is 117 Å². The molecule has 0 spiro atoms. The fourth-order valence-corrected chi connectivity index (χ4v) is 1.76. The van der Waals surface area contributed by atoms with Gasteiger partial charge in [0.25, 0.3) is 5.91 Å². The minimum atomic E-state index is -0.794. The van der Waals surface area contributed by atoms with Crippen LogP contribution in [0.5, 0.6) is 11.5 Å². The van der Waals surface area contributed by atoms with E-state index < -0.39 is 11.9 Å². The molecule has 6 heteroatoms. The molecule has 1 rings (SSSR count). The number of hydrogen-bond donors (Lipinski definition) is 4. The van der Waals surface area contributed by atoms with Crippen LogP contribution in [0.25, 0.3) is 0 Å². The van der Waals surface area contributed by atoms with Gasteiger partial charge in [0, 0.05) is 13.0 Å². The van der Waals surface area contributed by atoms with Crippen molar-refractivity contribution in [3.8, 4) is 11.5 Å². The highest BCUT2D eigenvalue weighted by atomic mass is 16.4. The third-order valence-electron chi connectivity index (χ3n) is 2.83. The first-order valence-electron chi connectivity index (χ1n) is 6.52. The number of nitrogens with one attached hydrogen (secondary N) is 1. The second-order valence-corrected chi connectivity index (χ2v) is 4.52. The second kappa shape index (κ2) is 8.04. The van der Waals surface area contributed by atoms with Crippen molar-refractivity contribution in [3.05, 3.63) is 23.8 Å². The average Bonchev–Trinajstić information content (AvgIpc) is 2.39. The third kappa shape index (κ3) is 5.60. The maximum absolute atomic E-state index is 11.7. The predicted octanol–water partition coefficient (Wildman–Crippen LogP) is 1.86. The topological polar surface area (TPSA) is 107 Å². The van der Waals surface area contributed by atoms with Gasteiger partial charge in [-0.3, -0.25) is 9.59 Å². The van der Waals surface area contributed by atoms with E-state index in [4.69, 9.17) is 5.11 Å². The fraction of sp³-hybridized carbons (Fsp3) is 0.429. The smallest absolute Gasteiger partial charge is 0.303 e. The number of phenolic OH excluding ortho intramolecular Hbond substituents is 2. The number of aliphatic carboxylic acids is 1. The van der Waals surface area contributed by atoms with E-state index in [0.29, 0.717) is 13.0 Å². The maximum atomic E-state index is 11.7. The summed E-state index contributed by atoms with van der Waals surface area (Å²) in [6.45, 7) is 0.445. The van der Waals surface area contributed by atoms with Crippen LogP contribution in [0.2, 0.25) is 0 Å². The van der Waals surface area contributed by atoms with Gasteiger partial charge < -0.3 is 20.6 Å². The normalized spacial score (nSPS) is 10.2. The summed E-state index contributed by atoms with van der Waals surface area (Å²) < 4.78 is 0. The summed E-state index contributed by atoms with van der Waals surface area (Å²) in [5.41, 5.74) is 0.0378. The first-order chi connectivity index (χ1) is 9.50. The fourth-order valence-electron chi connectivity index (χ4n) is 1.76. The zero-order valence-corrected chi connectivity index (χ0v) is 11.1. The number of carbonyl (C=O) groups excluding carboxylic acids is 1. The summed E-state index contributed by atoms with van der Waals surface area (Å²) >= 11 is 0. The number of carbonyl (C=O) groups is 2. The Balaban J connectivity index is 2.23. The van der Waals surface area contributed by atoms with E-state index in [1.54, 1.807) is 0 Å². The Morgan fingerprint density at radius 3 is 2.45 bits per heavy atom. The van der Waals surface area contributed by atoms with Crippen molar-refractivity contribution in [2.24, 2.45) is 0 Å². The van der Waals surface area contributed by atoms with Gasteiger partial charge in [0.15, 0.2) is 0 Å². The molecule has 1 aromatic rings. The number of hydrogen-bond acceptors (Lipinski definition) is 4. The number of carboxylic acids is 1. The van der Waals surface area contributed by atoms with Gasteiger partial charge in [0.05, 0.1) is 5.56 Å². The summed E-state index contributed by atoms with van der Waals surface area (Å²) in [6, 6.07) is 3.77. The Hall–Kier alpha value is -2.24. The highest BCUT2D eigenvalue weighted by Crippen LogP contribution is 2.21. The van der Waals surface area contributed by atoms with Crippen LogP contribution in [0.15, 0.2) is 18.2 Å². The van der Waals surface area contributed by atoms with Crippen LogP contribution in [-0.2, 0) is 4.79 Å². The summed E-state index contributed by atoms with van der Waals surface area (Å²) in [5, 5.41) is 29.9. The molecule has 1 amide bonds. The average molecular weight is 281 g/mol. The molecule has 4 N–H and O–H groups in total. The molecule has 0 aliphatic heterocycles. The number of aromatic hydroxyl groups is 2. The summed E-state index contributed by atoms with van der Waals surface area (Å²) in [6.07, 6.45) is 3.18. The van der Waals surface area contributed by atoms with Gasteiger partial charge in [0.1, 0.15) is 11.5 Å². The molecule has 0 saturated carbocycles. The zero-order valence-electron chi connectivity index (χ0n) is 11.1. The lowest BCUT2D eigenvalue weighted by Crippen LogP contribution is -2.24. The number of benzene rings is 1. The highest BCUT2D eigenvalue weighted by Gasteiger charge is 2.11. The monoisotopic (exact) mass is 281 g/mol. The van der Waals surface area contributed by atoms with Crippen molar-refractivity contribution in [3.63, 3.8) is 0 Å². The summed E-state index contributed by atoms with van der Waals surface area (Å²) in [4.78, 5) is 22.0. The van der Waals surface area contributed by atoms with Crippen LogP contribution in [0.1, 0.15) is 42.5 Å². The van der Waals surface area contributed by atoms with Gasteiger partial charge in [-0.1, -0.05) is 12.8 Å².